The first-order chi connectivity index (χ1) is 6.99. The molecule has 1 rings (SSSR count). The Labute approximate surface area is 82.6 Å². The topological polar surface area (TPSA) is 55.1 Å². The van der Waals surface area contributed by atoms with Crippen molar-refractivity contribution in [2.45, 2.75) is 13.0 Å². The lowest BCUT2D eigenvalue weighted by Crippen LogP contribution is -2.04. The fourth-order valence-corrected chi connectivity index (χ4v) is 1.05. The van der Waals surface area contributed by atoms with Crippen molar-refractivity contribution in [2.75, 3.05) is 0 Å². The Morgan fingerprint density at radius 3 is 2.60 bits per heavy atom. The molecule has 0 bridgehead atoms. The van der Waals surface area contributed by atoms with Gasteiger partial charge in [0.2, 0.25) is 5.95 Å². The normalized spacial score (nSPS) is 10.7. The second-order valence-corrected chi connectivity index (χ2v) is 2.63. The number of carboxylic acids is 1. The second-order valence-electron chi connectivity index (χ2n) is 2.63. The maximum absolute atomic E-state index is 13.2. The molecule has 1 N–H and O–H groups in total. The zero-order valence-electron chi connectivity index (χ0n) is 7.45. The van der Waals surface area contributed by atoms with Gasteiger partial charge in [-0.3, -0.25) is 0 Å². The first-order valence-electron chi connectivity index (χ1n) is 3.87. The molecule has 15 heavy (non-hydrogen) atoms. The van der Waals surface area contributed by atoms with E-state index in [2.05, 4.69) is 11.7 Å². The molecule has 0 saturated carbocycles. The van der Waals surface area contributed by atoms with Gasteiger partial charge in [-0.15, -0.1) is 6.58 Å². The number of hydrogen-bond donors (Lipinski definition) is 1. The van der Waals surface area contributed by atoms with Crippen LogP contribution >= 0.6 is 0 Å². The van der Waals surface area contributed by atoms with Crippen LogP contribution in [0.5, 0.6) is 0 Å². The molecular formula is C8H7F3N2O2. The van der Waals surface area contributed by atoms with E-state index in [-0.39, 0.29) is 6.54 Å². The number of aromatic nitrogens is 2. The number of nitrogens with zero attached hydrogens (tertiary/aromatic N) is 2. The number of halogens is 3. The van der Waals surface area contributed by atoms with E-state index in [9.17, 15) is 18.0 Å². The van der Waals surface area contributed by atoms with Crippen LogP contribution in [0.15, 0.2) is 12.7 Å². The van der Waals surface area contributed by atoms with Gasteiger partial charge in [0.25, 0.3) is 6.43 Å². The number of alkyl halides is 2. The third-order valence-corrected chi connectivity index (χ3v) is 1.64. The molecule has 82 valence electrons. The lowest BCUT2D eigenvalue weighted by Gasteiger charge is -1.94. The van der Waals surface area contributed by atoms with Crippen LogP contribution in [0, 0.1) is 5.95 Å². The summed E-state index contributed by atoms with van der Waals surface area (Å²) >= 11 is 0. The molecule has 1 aromatic heterocycles. The minimum Gasteiger partial charge on any atom is -0.477 e. The van der Waals surface area contributed by atoms with Crippen LogP contribution in [0.3, 0.4) is 0 Å². The summed E-state index contributed by atoms with van der Waals surface area (Å²) in [5.74, 6) is -3.06. The van der Waals surface area contributed by atoms with Gasteiger partial charge in [-0.2, -0.15) is 9.49 Å². The van der Waals surface area contributed by atoms with Crippen LogP contribution in [-0.4, -0.2) is 20.9 Å². The maximum Gasteiger partial charge on any atom is 0.342 e. The summed E-state index contributed by atoms with van der Waals surface area (Å²) in [6.45, 7) is 3.10. The Bertz CT molecular complexity index is 401. The molecule has 0 atom stereocenters. The van der Waals surface area contributed by atoms with Crippen molar-refractivity contribution in [3.8, 4) is 0 Å². The highest BCUT2D eigenvalue weighted by molar-refractivity contribution is 5.89. The van der Waals surface area contributed by atoms with Crippen molar-refractivity contribution in [1.82, 2.24) is 9.78 Å². The summed E-state index contributed by atoms with van der Waals surface area (Å²) in [5.41, 5.74) is -2.16. The minimum atomic E-state index is -3.13. The van der Waals surface area contributed by atoms with E-state index in [1.165, 1.54) is 6.08 Å². The van der Waals surface area contributed by atoms with Gasteiger partial charge >= 0.3 is 5.97 Å². The average Bonchev–Trinajstić information content (AvgIpc) is 2.44. The van der Waals surface area contributed by atoms with E-state index < -0.39 is 29.6 Å². The largest absolute Gasteiger partial charge is 0.477 e. The average molecular weight is 220 g/mol. The summed E-state index contributed by atoms with van der Waals surface area (Å²) in [6, 6.07) is 0. The van der Waals surface area contributed by atoms with E-state index in [4.69, 9.17) is 5.11 Å². The lowest BCUT2D eigenvalue weighted by molar-refractivity contribution is 0.0678. The molecular weight excluding hydrogens is 213 g/mol. The van der Waals surface area contributed by atoms with Gasteiger partial charge in [0, 0.05) is 0 Å². The van der Waals surface area contributed by atoms with E-state index in [1.54, 1.807) is 0 Å². The van der Waals surface area contributed by atoms with Gasteiger partial charge in [0.05, 0.1) is 6.54 Å². The summed E-state index contributed by atoms with van der Waals surface area (Å²) in [4.78, 5) is 10.5. The molecule has 7 heteroatoms. The smallest absolute Gasteiger partial charge is 0.342 e. The van der Waals surface area contributed by atoms with E-state index in [0.29, 0.717) is 4.68 Å². The standard InChI is InChI=1S/C8H7F3N2O2/c1-2-3-13-7(11)4(8(14)15)5(12-13)6(9)10/h2,6H,1,3H2,(H,14,15). The Morgan fingerprint density at radius 1 is 1.67 bits per heavy atom. The predicted molar refractivity (Wildman–Crippen MR) is 44.3 cm³/mol. The Hall–Kier alpha value is -1.79. The zero-order valence-corrected chi connectivity index (χ0v) is 7.45. The van der Waals surface area contributed by atoms with Crippen molar-refractivity contribution in [3.05, 3.63) is 29.9 Å². The van der Waals surface area contributed by atoms with Crippen molar-refractivity contribution in [1.29, 1.82) is 0 Å². The van der Waals surface area contributed by atoms with Crippen molar-refractivity contribution in [3.63, 3.8) is 0 Å². The number of carboxylic acid groups (broad SMARTS) is 1. The van der Waals surface area contributed by atoms with Gasteiger partial charge in [0.15, 0.2) is 0 Å². The van der Waals surface area contributed by atoms with Crippen molar-refractivity contribution < 1.29 is 23.1 Å². The molecule has 1 heterocycles. The molecule has 0 fully saturated rings. The number of allylic oxidation sites excluding steroid dienone is 1. The van der Waals surface area contributed by atoms with Crippen molar-refractivity contribution in [2.24, 2.45) is 0 Å². The third-order valence-electron chi connectivity index (χ3n) is 1.64. The quantitative estimate of drug-likeness (QED) is 0.787. The van der Waals surface area contributed by atoms with Gasteiger partial charge in [-0.1, -0.05) is 6.08 Å². The van der Waals surface area contributed by atoms with Gasteiger partial charge in [0.1, 0.15) is 11.3 Å². The first kappa shape index (κ1) is 11.3. The predicted octanol–water partition coefficient (Wildman–Crippen LogP) is 1.84. The van der Waals surface area contributed by atoms with Gasteiger partial charge < -0.3 is 5.11 Å². The fraction of sp³-hybridized carbons (Fsp3) is 0.250. The molecule has 4 nitrogen and oxygen atoms in total. The summed E-state index contributed by atoms with van der Waals surface area (Å²) < 4.78 is 38.3. The van der Waals surface area contributed by atoms with Crippen molar-refractivity contribution >= 4 is 5.97 Å². The lowest BCUT2D eigenvalue weighted by atomic mass is 10.2. The first-order valence-corrected chi connectivity index (χ1v) is 3.87. The van der Waals surface area contributed by atoms with E-state index >= 15 is 0 Å². The molecule has 0 aliphatic rings. The molecule has 0 aliphatic carbocycles. The number of aromatic carboxylic acids is 1. The molecule has 0 amide bonds. The van der Waals surface area contributed by atoms with Crippen LogP contribution in [0.2, 0.25) is 0 Å². The highest BCUT2D eigenvalue weighted by atomic mass is 19.3. The summed E-state index contributed by atoms with van der Waals surface area (Å²) in [6.07, 6.45) is -1.91. The Kier molecular flexibility index (Phi) is 3.13. The number of carbonyl (C=O) groups is 1. The molecule has 0 radical (unpaired) electrons. The highest BCUT2D eigenvalue weighted by Crippen LogP contribution is 2.23. The number of hydrogen-bond acceptors (Lipinski definition) is 2. The number of rotatable bonds is 4. The fourth-order valence-electron chi connectivity index (χ4n) is 1.05. The summed E-state index contributed by atoms with van der Waals surface area (Å²) in [7, 11) is 0. The summed E-state index contributed by atoms with van der Waals surface area (Å²) in [5, 5.41) is 11.7. The molecule has 0 unspecified atom stereocenters. The van der Waals surface area contributed by atoms with Crippen LogP contribution in [0.4, 0.5) is 13.2 Å². The molecule has 0 aromatic carbocycles. The monoisotopic (exact) mass is 220 g/mol. The molecule has 1 aromatic rings. The second kappa shape index (κ2) is 4.16. The van der Waals surface area contributed by atoms with Gasteiger partial charge in [-0.25, -0.2) is 18.3 Å². The molecule has 0 saturated heterocycles. The third kappa shape index (κ3) is 2.00. The Morgan fingerprint density at radius 2 is 2.27 bits per heavy atom. The minimum absolute atomic E-state index is 0.168. The van der Waals surface area contributed by atoms with E-state index in [1.807, 2.05) is 0 Å². The van der Waals surface area contributed by atoms with Crippen LogP contribution in [0.25, 0.3) is 0 Å². The SMILES string of the molecule is C=CCn1nc(C(F)F)c(C(=O)O)c1F. The zero-order chi connectivity index (χ0) is 11.6. The van der Waals surface area contributed by atoms with Gasteiger partial charge in [-0.05, 0) is 0 Å². The van der Waals surface area contributed by atoms with Crippen LogP contribution in [0.1, 0.15) is 22.5 Å². The van der Waals surface area contributed by atoms with Crippen LogP contribution in [-0.2, 0) is 6.54 Å². The molecule has 0 aliphatic heterocycles. The maximum atomic E-state index is 13.2. The Balaban J connectivity index is 3.32. The van der Waals surface area contributed by atoms with E-state index in [0.717, 1.165) is 0 Å². The van der Waals surface area contributed by atoms with Crippen LogP contribution < -0.4 is 0 Å². The highest BCUT2D eigenvalue weighted by Gasteiger charge is 2.28. The molecule has 0 spiro atoms.